The van der Waals surface area contributed by atoms with Crippen molar-refractivity contribution in [1.82, 2.24) is 0 Å². The predicted octanol–water partition coefficient (Wildman–Crippen LogP) is 3.04. The van der Waals surface area contributed by atoms with Gasteiger partial charge in [0.1, 0.15) is 6.29 Å². The lowest BCUT2D eigenvalue weighted by Gasteiger charge is -2.31. The van der Waals surface area contributed by atoms with E-state index in [1.165, 1.54) is 0 Å². The summed E-state index contributed by atoms with van der Waals surface area (Å²) >= 11 is 0. The fourth-order valence-corrected chi connectivity index (χ4v) is 1.64. The van der Waals surface area contributed by atoms with Gasteiger partial charge in [0.15, 0.2) is 0 Å². The molecule has 0 aromatic carbocycles. The normalized spacial score (nSPS) is 14.5. The second-order valence-corrected chi connectivity index (χ2v) is 3.37. The van der Waals surface area contributed by atoms with Crippen molar-refractivity contribution in [2.75, 3.05) is 0 Å². The van der Waals surface area contributed by atoms with Crippen LogP contribution in [0, 0.1) is 11.3 Å². The smallest absolute Gasteiger partial charge is 0.126 e. The molecule has 0 spiro atoms. The Bertz CT molecular complexity index is 114. The zero-order valence-electron chi connectivity index (χ0n) is 8.18. The molecule has 1 atom stereocenters. The molecule has 1 nitrogen and oxygen atoms in total. The summed E-state index contributed by atoms with van der Waals surface area (Å²) in [5.74, 6) is 0.523. The molecule has 11 heavy (non-hydrogen) atoms. The number of carbonyl (C=O) groups excluding carboxylic acids is 1. The van der Waals surface area contributed by atoms with E-state index in [2.05, 4.69) is 27.7 Å². The minimum absolute atomic E-state index is 0.0469. The molecule has 0 aliphatic rings. The van der Waals surface area contributed by atoms with E-state index in [1.807, 2.05) is 0 Å². The molecular formula is C10H20O. The van der Waals surface area contributed by atoms with Gasteiger partial charge >= 0.3 is 0 Å². The summed E-state index contributed by atoms with van der Waals surface area (Å²) in [5, 5.41) is 0. The number of aldehydes is 1. The second kappa shape index (κ2) is 4.53. The van der Waals surface area contributed by atoms with Gasteiger partial charge in [-0.25, -0.2) is 0 Å². The lowest BCUT2D eigenvalue weighted by molar-refractivity contribution is -0.119. The maximum atomic E-state index is 10.9. The van der Waals surface area contributed by atoms with E-state index in [0.717, 1.165) is 25.5 Å². The Kier molecular flexibility index (Phi) is 4.39. The van der Waals surface area contributed by atoms with Crippen molar-refractivity contribution >= 4 is 6.29 Å². The van der Waals surface area contributed by atoms with Gasteiger partial charge in [-0.1, -0.05) is 34.1 Å². The molecule has 0 aromatic rings. The Morgan fingerprint density at radius 2 is 1.73 bits per heavy atom. The summed E-state index contributed by atoms with van der Waals surface area (Å²) in [6.45, 7) is 8.52. The Balaban J connectivity index is 4.38. The minimum atomic E-state index is -0.0469. The third kappa shape index (κ3) is 2.05. The molecule has 0 saturated heterocycles. The van der Waals surface area contributed by atoms with Crippen LogP contribution in [0.25, 0.3) is 0 Å². The highest BCUT2D eigenvalue weighted by Gasteiger charge is 2.30. The summed E-state index contributed by atoms with van der Waals surface area (Å²) in [6.07, 6.45) is 4.20. The summed E-state index contributed by atoms with van der Waals surface area (Å²) in [4.78, 5) is 10.9. The van der Waals surface area contributed by atoms with E-state index in [1.54, 1.807) is 0 Å². The number of rotatable bonds is 5. The van der Waals surface area contributed by atoms with Gasteiger partial charge in [-0.3, -0.25) is 0 Å². The minimum Gasteiger partial charge on any atom is -0.303 e. The number of carbonyl (C=O) groups is 1. The first kappa shape index (κ1) is 10.7. The fourth-order valence-electron chi connectivity index (χ4n) is 1.64. The summed E-state index contributed by atoms with van der Waals surface area (Å²) < 4.78 is 0. The number of hydrogen-bond donors (Lipinski definition) is 0. The molecule has 0 rings (SSSR count). The van der Waals surface area contributed by atoms with Crippen LogP contribution in [0.15, 0.2) is 0 Å². The molecule has 0 N–H and O–H groups in total. The van der Waals surface area contributed by atoms with E-state index in [-0.39, 0.29) is 5.41 Å². The Morgan fingerprint density at radius 1 is 1.27 bits per heavy atom. The van der Waals surface area contributed by atoms with Crippen LogP contribution >= 0.6 is 0 Å². The molecule has 0 fully saturated rings. The summed E-state index contributed by atoms with van der Waals surface area (Å²) in [7, 11) is 0. The van der Waals surface area contributed by atoms with Gasteiger partial charge in [0.2, 0.25) is 0 Å². The lowest BCUT2D eigenvalue weighted by atomic mass is 9.72. The predicted molar refractivity (Wildman–Crippen MR) is 48.5 cm³/mol. The van der Waals surface area contributed by atoms with Gasteiger partial charge < -0.3 is 4.79 Å². The van der Waals surface area contributed by atoms with Crippen LogP contribution in [-0.4, -0.2) is 6.29 Å². The van der Waals surface area contributed by atoms with Gasteiger partial charge in [-0.2, -0.15) is 0 Å². The number of hydrogen-bond acceptors (Lipinski definition) is 1. The average Bonchev–Trinajstić information content (AvgIpc) is 2.08. The summed E-state index contributed by atoms with van der Waals surface area (Å²) in [6, 6.07) is 0. The molecular weight excluding hydrogens is 136 g/mol. The second-order valence-electron chi connectivity index (χ2n) is 3.37. The SMILES string of the molecule is CCC(C)C(C=O)(CC)CC. The van der Waals surface area contributed by atoms with E-state index < -0.39 is 0 Å². The van der Waals surface area contributed by atoms with E-state index in [0.29, 0.717) is 5.92 Å². The van der Waals surface area contributed by atoms with Crippen LogP contribution < -0.4 is 0 Å². The first-order valence-corrected chi connectivity index (χ1v) is 4.63. The Labute approximate surface area is 70.2 Å². The first-order chi connectivity index (χ1) is 5.16. The van der Waals surface area contributed by atoms with Gasteiger partial charge in [0, 0.05) is 5.41 Å². The van der Waals surface area contributed by atoms with Crippen molar-refractivity contribution < 1.29 is 4.79 Å². The van der Waals surface area contributed by atoms with Crippen molar-refractivity contribution in [1.29, 1.82) is 0 Å². The van der Waals surface area contributed by atoms with Crippen LogP contribution in [0.3, 0.4) is 0 Å². The van der Waals surface area contributed by atoms with Crippen molar-refractivity contribution in [3.8, 4) is 0 Å². The molecule has 0 saturated carbocycles. The average molecular weight is 156 g/mol. The highest BCUT2D eigenvalue weighted by atomic mass is 16.1. The Morgan fingerprint density at radius 3 is 1.82 bits per heavy atom. The molecule has 0 amide bonds. The zero-order chi connectivity index (χ0) is 8.91. The highest BCUT2D eigenvalue weighted by molar-refractivity contribution is 5.59. The Hall–Kier alpha value is -0.330. The van der Waals surface area contributed by atoms with E-state index >= 15 is 0 Å². The lowest BCUT2D eigenvalue weighted by Crippen LogP contribution is -2.28. The quantitative estimate of drug-likeness (QED) is 0.559. The zero-order valence-corrected chi connectivity index (χ0v) is 8.18. The molecule has 0 aromatic heterocycles. The van der Waals surface area contributed by atoms with Crippen molar-refractivity contribution in [3.05, 3.63) is 0 Å². The summed E-state index contributed by atoms with van der Waals surface area (Å²) in [5.41, 5.74) is -0.0469. The molecule has 0 aliphatic carbocycles. The van der Waals surface area contributed by atoms with Crippen LogP contribution in [0.1, 0.15) is 47.0 Å². The van der Waals surface area contributed by atoms with Crippen molar-refractivity contribution in [2.45, 2.75) is 47.0 Å². The van der Waals surface area contributed by atoms with Gasteiger partial charge in [-0.15, -0.1) is 0 Å². The van der Waals surface area contributed by atoms with E-state index in [4.69, 9.17) is 0 Å². The van der Waals surface area contributed by atoms with Crippen LogP contribution in [0.4, 0.5) is 0 Å². The monoisotopic (exact) mass is 156 g/mol. The largest absolute Gasteiger partial charge is 0.303 e. The maximum Gasteiger partial charge on any atom is 0.126 e. The van der Waals surface area contributed by atoms with Crippen molar-refractivity contribution in [2.24, 2.45) is 11.3 Å². The third-order valence-electron chi connectivity index (χ3n) is 3.15. The van der Waals surface area contributed by atoms with Crippen LogP contribution in [0.5, 0.6) is 0 Å². The van der Waals surface area contributed by atoms with Gasteiger partial charge in [0.05, 0.1) is 0 Å². The third-order valence-corrected chi connectivity index (χ3v) is 3.15. The van der Waals surface area contributed by atoms with E-state index in [9.17, 15) is 4.79 Å². The van der Waals surface area contributed by atoms with Gasteiger partial charge in [-0.05, 0) is 18.8 Å². The standard InChI is InChI=1S/C10H20O/c1-5-9(4)10(6-2,7-3)8-11/h8-9H,5-7H2,1-4H3. The highest BCUT2D eigenvalue weighted by Crippen LogP contribution is 2.34. The molecule has 0 bridgehead atoms. The molecule has 0 aliphatic heterocycles. The van der Waals surface area contributed by atoms with Crippen LogP contribution in [0.2, 0.25) is 0 Å². The molecule has 0 radical (unpaired) electrons. The fraction of sp³-hybridized carbons (Fsp3) is 0.900. The van der Waals surface area contributed by atoms with Crippen LogP contribution in [-0.2, 0) is 4.79 Å². The topological polar surface area (TPSA) is 17.1 Å². The molecule has 1 unspecified atom stereocenters. The molecule has 66 valence electrons. The van der Waals surface area contributed by atoms with Gasteiger partial charge in [0.25, 0.3) is 0 Å². The first-order valence-electron chi connectivity index (χ1n) is 4.63. The molecule has 0 heterocycles. The maximum absolute atomic E-state index is 10.9. The molecule has 1 heteroatoms. The van der Waals surface area contributed by atoms with Crippen molar-refractivity contribution in [3.63, 3.8) is 0 Å².